The number of benzene rings is 2. The Morgan fingerprint density at radius 2 is 1.88 bits per heavy atom. The van der Waals surface area contributed by atoms with E-state index in [9.17, 15) is 14.0 Å². The van der Waals surface area contributed by atoms with Crippen LogP contribution >= 0.6 is 0 Å². The Morgan fingerprint density at radius 3 is 2.62 bits per heavy atom. The molecule has 7 heteroatoms. The number of hydrogen-bond acceptors (Lipinski definition) is 4. The number of nitrogens with one attached hydrogen (secondary N) is 1. The molecule has 0 saturated carbocycles. The van der Waals surface area contributed by atoms with E-state index in [0.29, 0.717) is 24.3 Å². The second kappa shape index (κ2) is 7.44. The molecule has 1 spiro atoms. The number of rotatable bonds is 3. The summed E-state index contributed by atoms with van der Waals surface area (Å²) in [6.07, 6.45) is 2.12. The standard InChI is InChI=1S/C25H23FN4O2/c1-29(2)22-18(6-5-14-27-22)23(31)30-15-13-25(21(30)16-9-11-17(26)12-10-16)19-7-3-4-8-20(19)28-24(25)32/h3-12,14,21H,13,15H2,1-2H3,(H,28,32)/t21-,25+/m0/s1. The summed E-state index contributed by atoms with van der Waals surface area (Å²) in [5.74, 6) is -0.141. The van der Waals surface area contributed by atoms with Crippen molar-refractivity contribution in [3.05, 3.63) is 89.4 Å². The van der Waals surface area contributed by atoms with Gasteiger partial charge in [-0.3, -0.25) is 9.59 Å². The van der Waals surface area contributed by atoms with Crippen molar-refractivity contribution in [2.24, 2.45) is 0 Å². The Balaban J connectivity index is 1.67. The van der Waals surface area contributed by atoms with Crippen LogP contribution in [0, 0.1) is 5.82 Å². The van der Waals surface area contributed by atoms with Crippen molar-refractivity contribution in [1.82, 2.24) is 9.88 Å². The number of hydrogen-bond donors (Lipinski definition) is 1. The molecular formula is C25H23FN4O2. The lowest BCUT2D eigenvalue weighted by molar-refractivity contribution is -0.121. The van der Waals surface area contributed by atoms with Crippen molar-refractivity contribution in [3.8, 4) is 0 Å². The van der Waals surface area contributed by atoms with Gasteiger partial charge in [-0.15, -0.1) is 0 Å². The number of halogens is 1. The molecule has 162 valence electrons. The summed E-state index contributed by atoms with van der Waals surface area (Å²) in [5.41, 5.74) is 1.88. The first-order valence-corrected chi connectivity index (χ1v) is 10.5. The summed E-state index contributed by atoms with van der Waals surface area (Å²) in [5, 5.41) is 3.00. The van der Waals surface area contributed by atoms with Crippen LogP contribution in [0.25, 0.3) is 0 Å². The average Bonchev–Trinajstić information content (AvgIpc) is 3.33. The minimum absolute atomic E-state index is 0.137. The van der Waals surface area contributed by atoms with Gasteiger partial charge in [-0.1, -0.05) is 30.3 Å². The number of carbonyl (C=O) groups excluding carboxylic acids is 2. The highest BCUT2D eigenvalue weighted by molar-refractivity contribution is 6.08. The largest absolute Gasteiger partial charge is 0.362 e. The zero-order valence-corrected chi connectivity index (χ0v) is 17.9. The lowest BCUT2D eigenvalue weighted by Crippen LogP contribution is -2.43. The van der Waals surface area contributed by atoms with Crippen molar-refractivity contribution >= 4 is 23.3 Å². The van der Waals surface area contributed by atoms with Gasteiger partial charge in [-0.25, -0.2) is 9.37 Å². The van der Waals surface area contributed by atoms with Crippen LogP contribution in [-0.4, -0.2) is 42.3 Å². The lowest BCUT2D eigenvalue weighted by atomic mass is 9.72. The van der Waals surface area contributed by atoms with E-state index in [4.69, 9.17) is 0 Å². The van der Waals surface area contributed by atoms with Crippen molar-refractivity contribution in [3.63, 3.8) is 0 Å². The minimum Gasteiger partial charge on any atom is -0.362 e. The number of anilines is 2. The quantitative estimate of drug-likeness (QED) is 0.687. The van der Waals surface area contributed by atoms with E-state index >= 15 is 0 Å². The number of amides is 2. The molecule has 3 heterocycles. The molecule has 1 N–H and O–H groups in total. The summed E-state index contributed by atoms with van der Waals surface area (Å²) in [4.78, 5) is 35.2. The van der Waals surface area contributed by atoms with E-state index in [2.05, 4.69) is 10.3 Å². The summed E-state index contributed by atoms with van der Waals surface area (Å²) < 4.78 is 13.7. The fourth-order valence-electron chi connectivity index (χ4n) is 5.09. The topological polar surface area (TPSA) is 65.5 Å². The highest BCUT2D eigenvalue weighted by Gasteiger charge is 2.59. The van der Waals surface area contributed by atoms with Crippen LogP contribution in [-0.2, 0) is 10.2 Å². The number of para-hydroxylation sites is 1. The van der Waals surface area contributed by atoms with E-state index in [1.165, 1.54) is 12.1 Å². The lowest BCUT2D eigenvalue weighted by Gasteiger charge is -2.35. The molecule has 1 saturated heterocycles. The highest BCUT2D eigenvalue weighted by Crippen LogP contribution is 2.55. The Hall–Kier alpha value is -3.74. The molecule has 2 atom stereocenters. The molecule has 0 aliphatic carbocycles. The smallest absolute Gasteiger partial charge is 0.258 e. The van der Waals surface area contributed by atoms with Gasteiger partial charge >= 0.3 is 0 Å². The van der Waals surface area contributed by atoms with Gasteiger partial charge in [0, 0.05) is 32.5 Å². The average molecular weight is 430 g/mol. The summed E-state index contributed by atoms with van der Waals surface area (Å²) >= 11 is 0. The van der Waals surface area contributed by atoms with Crippen LogP contribution in [0.15, 0.2) is 66.9 Å². The Kier molecular flexibility index (Phi) is 4.69. The van der Waals surface area contributed by atoms with Crippen molar-refractivity contribution in [1.29, 1.82) is 0 Å². The fraction of sp³-hybridized carbons (Fsp3) is 0.240. The molecule has 0 radical (unpaired) electrons. The molecular weight excluding hydrogens is 407 g/mol. The normalized spacial score (nSPS) is 21.5. The van der Waals surface area contributed by atoms with Crippen molar-refractivity contribution in [2.45, 2.75) is 17.9 Å². The second-order valence-electron chi connectivity index (χ2n) is 8.44. The highest BCUT2D eigenvalue weighted by atomic mass is 19.1. The van der Waals surface area contributed by atoms with Crippen LogP contribution in [0.4, 0.5) is 15.9 Å². The third kappa shape index (κ3) is 2.88. The zero-order chi connectivity index (χ0) is 22.5. The predicted octanol–water partition coefficient (Wildman–Crippen LogP) is 3.76. The van der Waals surface area contributed by atoms with Gasteiger partial charge in [0.1, 0.15) is 17.1 Å². The summed E-state index contributed by atoms with van der Waals surface area (Å²) in [7, 11) is 3.67. The first-order valence-electron chi connectivity index (χ1n) is 10.5. The number of carbonyl (C=O) groups is 2. The molecule has 0 unspecified atom stereocenters. The molecule has 2 aromatic carbocycles. The third-order valence-electron chi connectivity index (χ3n) is 6.47. The van der Waals surface area contributed by atoms with Crippen LogP contribution in [0.2, 0.25) is 0 Å². The van der Waals surface area contributed by atoms with E-state index in [0.717, 1.165) is 16.8 Å². The van der Waals surface area contributed by atoms with Gasteiger partial charge in [-0.2, -0.15) is 0 Å². The summed E-state index contributed by atoms with van der Waals surface area (Å²) in [6, 6.07) is 16.6. The molecule has 2 aliphatic rings. The molecule has 0 bridgehead atoms. The molecule has 2 aliphatic heterocycles. The molecule has 1 aromatic heterocycles. The maximum Gasteiger partial charge on any atom is 0.258 e. The van der Waals surface area contributed by atoms with Gasteiger partial charge < -0.3 is 15.1 Å². The monoisotopic (exact) mass is 430 g/mol. The predicted molar refractivity (Wildman–Crippen MR) is 120 cm³/mol. The van der Waals surface area contributed by atoms with Crippen molar-refractivity contribution < 1.29 is 14.0 Å². The van der Waals surface area contributed by atoms with Crippen LogP contribution in [0.1, 0.15) is 33.9 Å². The molecule has 1 fully saturated rings. The maximum atomic E-state index is 13.8. The van der Waals surface area contributed by atoms with Gasteiger partial charge in [0.05, 0.1) is 11.6 Å². The van der Waals surface area contributed by atoms with Crippen LogP contribution in [0.3, 0.4) is 0 Å². The van der Waals surface area contributed by atoms with Crippen LogP contribution < -0.4 is 10.2 Å². The Labute approximate surface area is 185 Å². The first-order chi connectivity index (χ1) is 15.4. The summed E-state index contributed by atoms with van der Waals surface area (Å²) in [6.45, 7) is 0.393. The third-order valence-corrected chi connectivity index (χ3v) is 6.47. The molecule has 2 amide bonds. The van der Waals surface area contributed by atoms with E-state index in [-0.39, 0.29) is 17.6 Å². The maximum absolute atomic E-state index is 13.8. The molecule has 32 heavy (non-hydrogen) atoms. The van der Waals surface area contributed by atoms with E-state index in [1.54, 1.807) is 40.3 Å². The van der Waals surface area contributed by atoms with Gasteiger partial charge in [0.15, 0.2) is 0 Å². The fourth-order valence-corrected chi connectivity index (χ4v) is 5.09. The molecule has 6 nitrogen and oxygen atoms in total. The van der Waals surface area contributed by atoms with Gasteiger partial charge in [0.25, 0.3) is 5.91 Å². The Bertz CT molecular complexity index is 1210. The molecule has 5 rings (SSSR count). The number of pyridine rings is 1. The zero-order valence-electron chi connectivity index (χ0n) is 17.9. The van der Waals surface area contributed by atoms with E-state index < -0.39 is 11.5 Å². The van der Waals surface area contributed by atoms with Gasteiger partial charge in [0.2, 0.25) is 5.91 Å². The minimum atomic E-state index is -0.940. The number of fused-ring (bicyclic) bond motifs is 2. The molecule has 3 aromatic rings. The van der Waals surface area contributed by atoms with Crippen LogP contribution in [0.5, 0.6) is 0 Å². The van der Waals surface area contributed by atoms with Gasteiger partial charge in [-0.05, 0) is 47.9 Å². The number of aromatic nitrogens is 1. The SMILES string of the molecule is CN(C)c1ncccc1C(=O)N1CC[C@]2(C(=O)Nc3ccccc32)[C@@H]1c1ccc(F)cc1. The second-order valence-corrected chi connectivity index (χ2v) is 8.44. The first kappa shape index (κ1) is 20.2. The Morgan fingerprint density at radius 1 is 1.12 bits per heavy atom. The van der Waals surface area contributed by atoms with E-state index in [1.807, 2.05) is 38.4 Å². The number of nitrogens with zero attached hydrogens (tertiary/aromatic N) is 3. The number of likely N-dealkylation sites (tertiary alicyclic amines) is 1. The van der Waals surface area contributed by atoms with Crippen molar-refractivity contribution in [2.75, 3.05) is 30.9 Å².